The maximum atomic E-state index is 12.1. The van der Waals surface area contributed by atoms with E-state index in [0.717, 1.165) is 12.8 Å². The molecule has 0 saturated heterocycles. The van der Waals surface area contributed by atoms with E-state index in [4.69, 9.17) is 4.74 Å². The van der Waals surface area contributed by atoms with Crippen molar-refractivity contribution in [3.63, 3.8) is 0 Å². The highest BCUT2D eigenvalue weighted by Crippen LogP contribution is 2.21. The van der Waals surface area contributed by atoms with Crippen LogP contribution in [0.5, 0.6) is 0 Å². The fourth-order valence-electron chi connectivity index (χ4n) is 2.11. The molecule has 0 saturated carbocycles. The van der Waals surface area contributed by atoms with E-state index in [-0.39, 0.29) is 5.97 Å². The number of carbonyl (C=O) groups excluding carboxylic acids is 1. The minimum absolute atomic E-state index is 0.279. The molecule has 1 aromatic rings. The predicted molar refractivity (Wildman–Crippen MR) is 82.9 cm³/mol. The van der Waals surface area contributed by atoms with Crippen molar-refractivity contribution in [3.05, 3.63) is 35.4 Å². The van der Waals surface area contributed by atoms with E-state index < -0.39 is 5.72 Å². The van der Waals surface area contributed by atoms with Crippen LogP contribution in [0.1, 0.15) is 68.8 Å². The van der Waals surface area contributed by atoms with Crippen LogP contribution in [0.25, 0.3) is 0 Å². The molecule has 0 heterocycles. The van der Waals surface area contributed by atoms with Crippen LogP contribution in [0.2, 0.25) is 0 Å². The van der Waals surface area contributed by atoms with Crippen LogP contribution in [0.3, 0.4) is 0 Å². The van der Waals surface area contributed by atoms with Gasteiger partial charge in [-0.15, -0.1) is 0 Å². The molecule has 0 bridgehead atoms. The third-order valence-corrected chi connectivity index (χ3v) is 3.96. The number of rotatable bonds is 7. The average Bonchev–Trinajstić information content (AvgIpc) is 2.47. The first-order valence-corrected chi connectivity index (χ1v) is 7.48. The molecule has 0 aliphatic carbocycles. The van der Waals surface area contributed by atoms with E-state index in [0.29, 0.717) is 11.5 Å². The molecule has 0 aliphatic heterocycles. The van der Waals surface area contributed by atoms with Gasteiger partial charge in [0.1, 0.15) is 0 Å². The molecule has 20 heavy (non-hydrogen) atoms. The average molecular weight is 277 g/mol. The molecule has 2 atom stereocenters. The zero-order valence-corrected chi connectivity index (χ0v) is 13.3. The maximum absolute atomic E-state index is 12.1. The lowest BCUT2D eigenvalue weighted by atomic mass is 9.96. The van der Waals surface area contributed by atoms with Crippen molar-refractivity contribution in [1.29, 1.82) is 0 Å². The van der Waals surface area contributed by atoms with Gasteiger partial charge in [0, 0.05) is 0 Å². The van der Waals surface area contributed by atoms with Crippen LogP contribution in [-0.4, -0.2) is 18.7 Å². The summed E-state index contributed by atoms with van der Waals surface area (Å²) < 4.78 is 5.52. The lowest BCUT2D eigenvalue weighted by molar-refractivity contribution is -0.0251. The third kappa shape index (κ3) is 4.34. The molecule has 0 fully saturated rings. The van der Waals surface area contributed by atoms with Gasteiger partial charge in [-0.2, -0.15) is 0 Å². The molecule has 3 heteroatoms. The highest BCUT2D eigenvalue weighted by atomic mass is 16.6. The number of nitrogens with one attached hydrogen (secondary N) is 1. The number of benzene rings is 1. The summed E-state index contributed by atoms with van der Waals surface area (Å²) in [6.07, 6.45) is 3.06. The van der Waals surface area contributed by atoms with Crippen molar-refractivity contribution in [3.8, 4) is 0 Å². The molecule has 0 radical (unpaired) electrons. The molecule has 3 nitrogen and oxygen atoms in total. The topological polar surface area (TPSA) is 38.3 Å². The number of ether oxygens (including phenoxy) is 1. The molecule has 112 valence electrons. The van der Waals surface area contributed by atoms with Crippen LogP contribution in [0.15, 0.2) is 24.3 Å². The van der Waals surface area contributed by atoms with Crippen LogP contribution in [0.4, 0.5) is 0 Å². The van der Waals surface area contributed by atoms with E-state index >= 15 is 0 Å². The van der Waals surface area contributed by atoms with E-state index in [1.165, 1.54) is 12.0 Å². The summed E-state index contributed by atoms with van der Waals surface area (Å²) in [5, 5.41) is 3.03. The van der Waals surface area contributed by atoms with Crippen molar-refractivity contribution < 1.29 is 9.53 Å². The molecule has 2 unspecified atom stereocenters. The highest BCUT2D eigenvalue weighted by Gasteiger charge is 2.25. The first-order valence-electron chi connectivity index (χ1n) is 7.48. The molecule has 0 aliphatic rings. The largest absolute Gasteiger partial charge is 0.441 e. The fraction of sp³-hybridized carbons (Fsp3) is 0.588. The second-order valence-corrected chi connectivity index (χ2v) is 5.54. The summed E-state index contributed by atoms with van der Waals surface area (Å²) in [4.78, 5) is 12.1. The van der Waals surface area contributed by atoms with E-state index in [9.17, 15) is 4.79 Å². The smallest absolute Gasteiger partial charge is 0.339 e. The van der Waals surface area contributed by atoms with Crippen molar-refractivity contribution >= 4 is 5.97 Å². The minimum Gasteiger partial charge on any atom is -0.441 e. The Balaban J connectivity index is 2.75. The molecule has 1 aromatic carbocycles. The minimum atomic E-state index is -0.606. The van der Waals surface area contributed by atoms with Gasteiger partial charge in [-0.25, -0.2) is 4.79 Å². The molecule has 0 amide bonds. The zero-order valence-electron chi connectivity index (χ0n) is 13.3. The SMILES string of the molecule is CCCC(C)c1ccc(C(=O)OC(C)(CC)NC)cc1. The summed E-state index contributed by atoms with van der Waals surface area (Å²) >= 11 is 0. The van der Waals surface area contributed by atoms with Gasteiger partial charge < -0.3 is 4.74 Å². The van der Waals surface area contributed by atoms with Crippen molar-refractivity contribution in [2.24, 2.45) is 0 Å². The Hall–Kier alpha value is -1.35. The second-order valence-electron chi connectivity index (χ2n) is 5.54. The Kier molecular flexibility index (Phi) is 6.21. The summed E-state index contributed by atoms with van der Waals surface area (Å²) in [5.74, 6) is 0.252. The molecule has 0 aromatic heterocycles. The first-order chi connectivity index (χ1) is 9.45. The predicted octanol–water partition coefficient (Wildman–Crippen LogP) is 4.09. The third-order valence-electron chi connectivity index (χ3n) is 3.96. The van der Waals surface area contributed by atoms with Gasteiger partial charge in [-0.3, -0.25) is 5.32 Å². The lowest BCUT2D eigenvalue weighted by Gasteiger charge is -2.27. The van der Waals surface area contributed by atoms with Crippen LogP contribution >= 0.6 is 0 Å². The van der Waals surface area contributed by atoms with E-state index in [2.05, 4.69) is 19.2 Å². The standard InChI is InChI=1S/C17H27NO2/c1-6-8-13(3)14-9-11-15(12-10-14)16(19)20-17(4,7-2)18-5/h9-13,18H,6-8H2,1-5H3. The van der Waals surface area contributed by atoms with Crippen LogP contribution < -0.4 is 5.32 Å². The Labute approximate surface area is 122 Å². The monoisotopic (exact) mass is 277 g/mol. The summed E-state index contributed by atoms with van der Waals surface area (Å²) in [7, 11) is 1.80. The van der Waals surface area contributed by atoms with Gasteiger partial charge in [0.05, 0.1) is 5.56 Å². The van der Waals surface area contributed by atoms with Crippen LogP contribution in [-0.2, 0) is 4.74 Å². The van der Waals surface area contributed by atoms with Crippen molar-refractivity contribution in [1.82, 2.24) is 5.32 Å². The number of esters is 1. The second kappa shape index (κ2) is 7.44. The molecular weight excluding hydrogens is 250 g/mol. The van der Waals surface area contributed by atoms with Gasteiger partial charge in [-0.1, -0.05) is 39.3 Å². The zero-order chi connectivity index (χ0) is 15.2. The van der Waals surface area contributed by atoms with Crippen LogP contribution in [0, 0.1) is 0 Å². The quantitative estimate of drug-likeness (QED) is 0.602. The Morgan fingerprint density at radius 3 is 2.35 bits per heavy atom. The Morgan fingerprint density at radius 1 is 1.30 bits per heavy atom. The van der Waals surface area contributed by atoms with Gasteiger partial charge >= 0.3 is 5.97 Å². The summed E-state index contributed by atoms with van der Waals surface area (Å²) in [5.41, 5.74) is 1.27. The highest BCUT2D eigenvalue weighted by molar-refractivity contribution is 5.89. The van der Waals surface area contributed by atoms with Gasteiger partial charge in [0.15, 0.2) is 5.72 Å². The Bertz CT molecular complexity index is 421. The van der Waals surface area contributed by atoms with Gasteiger partial charge in [0.2, 0.25) is 0 Å². The van der Waals surface area contributed by atoms with E-state index in [1.54, 1.807) is 7.05 Å². The fourth-order valence-corrected chi connectivity index (χ4v) is 2.11. The van der Waals surface area contributed by atoms with Gasteiger partial charge in [-0.05, 0) is 50.4 Å². The molecule has 1 N–H and O–H groups in total. The van der Waals surface area contributed by atoms with Crippen molar-refractivity contribution in [2.75, 3.05) is 7.05 Å². The first kappa shape index (κ1) is 16.7. The number of carbonyl (C=O) groups is 1. The lowest BCUT2D eigenvalue weighted by Crippen LogP contribution is -2.43. The molecule has 0 spiro atoms. The molecule has 1 rings (SSSR count). The van der Waals surface area contributed by atoms with Gasteiger partial charge in [0.25, 0.3) is 0 Å². The summed E-state index contributed by atoms with van der Waals surface area (Å²) in [6.45, 7) is 8.26. The summed E-state index contributed by atoms with van der Waals surface area (Å²) in [6, 6.07) is 7.77. The normalized spacial score (nSPS) is 15.4. The van der Waals surface area contributed by atoms with E-state index in [1.807, 2.05) is 38.1 Å². The Morgan fingerprint density at radius 2 is 1.90 bits per heavy atom. The number of hydrogen-bond acceptors (Lipinski definition) is 3. The van der Waals surface area contributed by atoms with Crippen molar-refractivity contribution in [2.45, 2.75) is 58.6 Å². The number of hydrogen-bond donors (Lipinski definition) is 1. The maximum Gasteiger partial charge on any atom is 0.339 e. The molecular formula is C17H27NO2.